The lowest BCUT2D eigenvalue weighted by atomic mass is 9.73. The van der Waals surface area contributed by atoms with Gasteiger partial charge in [0.05, 0.1) is 17.9 Å². The van der Waals surface area contributed by atoms with Gasteiger partial charge in [-0.3, -0.25) is 0 Å². The number of benzene rings is 1. The zero-order valence-electron chi connectivity index (χ0n) is 16.3. The van der Waals surface area contributed by atoms with Crippen LogP contribution in [0.2, 0.25) is 0 Å². The molecule has 0 radical (unpaired) electrons. The third-order valence-corrected chi connectivity index (χ3v) is 6.46. The van der Waals surface area contributed by atoms with Gasteiger partial charge in [-0.1, -0.05) is 35.0 Å². The van der Waals surface area contributed by atoms with Crippen LogP contribution in [0, 0.1) is 28.6 Å². The van der Waals surface area contributed by atoms with Crippen LogP contribution in [-0.4, -0.2) is 21.7 Å². The Hall–Kier alpha value is -3.20. The van der Waals surface area contributed by atoms with Gasteiger partial charge in [0, 0.05) is 17.4 Å². The van der Waals surface area contributed by atoms with Gasteiger partial charge in [-0.2, -0.15) is 5.26 Å². The SMILES string of the molecule is N#CC1CC2(CCC1C=[N+]1N=C(N)c3c1ccnc3OCc1ccccc1)CC2. The molecule has 3 aliphatic rings. The molecule has 5 rings (SSSR count). The van der Waals surface area contributed by atoms with Gasteiger partial charge in [-0.15, -0.1) is 0 Å². The van der Waals surface area contributed by atoms with E-state index in [1.807, 2.05) is 41.1 Å². The molecule has 6 heteroatoms. The van der Waals surface area contributed by atoms with Crippen LogP contribution in [0.1, 0.15) is 43.2 Å². The van der Waals surface area contributed by atoms with E-state index in [1.54, 1.807) is 6.20 Å². The molecule has 6 nitrogen and oxygen atoms in total. The summed E-state index contributed by atoms with van der Waals surface area (Å²) in [6.07, 6.45) is 9.59. The molecule has 0 bridgehead atoms. The van der Waals surface area contributed by atoms with Crippen molar-refractivity contribution >= 4 is 17.7 Å². The van der Waals surface area contributed by atoms with Gasteiger partial charge in [0.1, 0.15) is 6.61 Å². The maximum absolute atomic E-state index is 9.69. The number of nitriles is 1. The number of pyridine rings is 1. The van der Waals surface area contributed by atoms with Crippen LogP contribution in [0.5, 0.6) is 5.88 Å². The highest BCUT2D eigenvalue weighted by Crippen LogP contribution is 2.58. The van der Waals surface area contributed by atoms with E-state index in [9.17, 15) is 5.26 Å². The van der Waals surface area contributed by atoms with Gasteiger partial charge >= 0.3 is 0 Å². The predicted molar refractivity (Wildman–Crippen MR) is 110 cm³/mol. The molecule has 2 heterocycles. The second-order valence-corrected chi connectivity index (χ2v) is 8.41. The van der Waals surface area contributed by atoms with Crippen molar-refractivity contribution in [3.63, 3.8) is 0 Å². The second-order valence-electron chi connectivity index (χ2n) is 8.41. The van der Waals surface area contributed by atoms with Gasteiger partial charge < -0.3 is 10.5 Å². The molecule has 2 atom stereocenters. The molecule has 1 aromatic heterocycles. The molecule has 2 unspecified atom stereocenters. The minimum Gasteiger partial charge on any atom is -0.472 e. The lowest BCUT2D eigenvalue weighted by molar-refractivity contribution is -0.439. The molecule has 1 aliphatic heterocycles. The Morgan fingerprint density at radius 1 is 1.24 bits per heavy atom. The number of nitrogens with two attached hydrogens (primary N) is 1. The second kappa shape index (κ2) is 7.00. The molecular formula is C23H24N5O+. The number of aromatic nitrogens is 1. The van der Waals surface area contributed by atoms with E-state index in [0.717, 1.165) is 29.7 Å². The minimum absolute atomic E-state index is 0.0439. The third-order valence-electron chi connectivity index (χ3n) is 6.46. The minimum atomic E-state index is 0.0439. The zero-order chi connectivity index (χ0) is 19.8. The van der Waals surface area contributed by atoms with Gasteiger partial charge in [-0.25, -0.2) is 4.98 Å². The largest absolute Gasteiger partial charge is 0.472 e. The Kier molecular flexibility index (Phi) is 4.31. The summed E-state index contributed by atoms with van der Waals surface area (Å²) in [5.74, 6) is 1.12. The van der Waals surface area contributed by atoms with E-state index in [2.05, 4.69) is 22.4 Å². The average molecular weight is 386 g/mol. The lowest BCUT2D eigenvalue weighted by Gasteiger charge is -2.28. The maximum Gasteiger partial charge on any atom is 0.255 e. The van der Waals surface area contributed by atoms with Crippen molar-refractivity contribution in [2.24, 2.45) is 28.1 Å². The standard InChI is InChI=1S/C23H24N5O/c24-13-18-12-23(9-10-23)8-6-17(18)14-28-19-7-11-26-22(20(19)21(25)27-28)29-15-16-4-2-1-3-5-16/h1-5,7,11,14,17-18H,6,8-10,12,15H2,(H2,25,27)/q+1. The van der Waals surface area contributed by atoms with E-state index in [0.29, 0.717) is 23.7 Å². The molecule has 2 fully saturated rings. The van der Waals surface area contributed by atoms with Crippen LogP contribution >= 0.6 is 0 Å². The quantitative estimate of drug-likeness (QED) is 0.811. The molecule has 146 valence electrons. The Balaban J connectivity index is 1.40. The molecule has 2 N–H and O–H groups in total. The van der Waals surface area contributed by atoms with Gasteiger partial charge in [0.15, 0.2) is 11.8 Å². The third kappa shape index (κ3) is 3.38. The molecule has 1 spiro atoms. The lowest BCUT2D eigenvalue weighted by Crippen LogP contribution is -2.27. The summed E-state index contributed by atoms with van der Waals surface area (Å²) in [5.41, 5.74) is 9.35. The fourth-order valence-corrected chi connectivity index (χ4v) is 4.56. The monoisotopic (exact) mass is 386 g/mol. The van der Waals surface area contributed by atoms with Gasteiger partial charge in [0.25, 0.3) is 5.69 Å². The maximum atomic E-state index is 9.69. The first-order chi connectivity index (χ1) is 14.2. The fraction of sp³-hybridized carbons (Fsp3) is 0.391. The first-order valence-corrected chi connectivity index (χ1v) is 10.2. The number of ether oxygens (including phenoxy) is 1. The van der Waals surface area contributed by atoms with Crippen LogP contribution in [0.4, 0.5) is 5.69 Å². The number of amidine groups is 1. The highest BCUT2D eigenvalue weighted by Gasteiger charge is 2.49. The molecule has 0 amide bonds. The highest BCUT2D eigenvalue weighted by atomic mass is 16.5. The van der Waals surface area contributed by atoms with E-state index in [1.165, 1.54) is 19.3 Å². The van der Waals surface area contributed by atoms with Crippen molar-refractivity contribution in [2.75, 3.05) is 0 Å². The summed E-state index contributed by atoms with van der Waals surface area (Å²) in [4.78, 5) is 4.38. The summed E-state index contributed by atoms with van der Waals surface area (Å²) in [5, 5.41) is 14.2. The number of hydrogen-bond acceptors (Lipinski definition) is 5. The van der Waals surface area contributed by atoms with Gasteiger partial charge in [-0.05, 0) is 43.1 Å². The summed E-state index contributed by atoms with van der Waals surface area (Å²) in [6, 6.07) is 14.4. The zero-order valence-corrected chi connectivity index (χ0v) is 16.3. The van der Waals surface area contributed by atoms with Crippen molar-refractivity contribution in [2.45, 2.75) is 38.7 Å². The molecule has 2 aromatic rings. The number of rotatable bonds is 4. The van der Waals surface area contributed by atoms with Crippen molar-refractivity contribution < 1.29 is 9.42 Å². The molecule has 1 aromatic carbocycles. The predicted octanol–water partition coefficient (Wildman–Crippen LogP) is 3.73. The smallest absolute Gasteiger partial charge is 0.255 e. The Morgan fingerprint density at radius 2 is 2.07 bits per heavy atom. The van der Waals surface area contributed by atoms with Crippen LogP contribution in [-0.2, 0) is 6.61 Å². The Labute approximate surface area is 170 Å². The summed E-state index contributed by atoms with van der Waals surface area (Å²) in [6.45, 7) is 0.419. The Bertz CT molecular complexity index is 1030. The van der Waals surface area contributed by atoms with E-state index >= 15 is 0 Å². The van der Waals surface area contributed by atoms with E-state index in [4.69, 9.17) is 10.5 Å². The Morgan fingerprint density at radius 3 is 2.83 bits per heavy atom. The van der Waals surface area contributed by atoms with Gasteiger partial charge in [0.2, 0.25) is 11.7 Å². The van der Waals surface area contributed by atoms with Crippen LogP contribution in [0.25, 0.3) is 0 Å². The van der Waals surface area contributed by atoms with Crippen molar-refractivity contribution in [3.8, 4) is 11.9 Å². The fourth-order valence-electron chi connectivity index (χ4n) is 4.56. The topological polar surface area (TPSA) is 87.3 Å². The number of fused-ring (bicyclic) bond motifs is 1. The average Bonchev–Trinajstić information content (AvgIpc) is 3.43. The molecule has 2 saturated carbocycles. The van der Waals surface area contributed by atoms with E-state index in [-0.39, 0.29) is 11.8 Å². The molecule has 2 aliphatic carbocycles. The number of nitrogens with zero attached hydrogens (tertiary/aromatic N) is 4. The van der Waals surface area contributed by atoms with Crippen LogP contribution in [0.3, 0.4) is 0 Å². The normalized spacial score (nSPS) is 25.3. The first kappa shape index (κ1) is 17.9. The van der Waals surface area contributed by atoms with Crippen molar-refractivity contribution in [1.82, 2.24) is 4.98 Å². The molecule has 29 heavy (non-hydrogen) atoms. The molecular weight excluding hydrogens is 362 g/mol. The van der Waals surface area contributed by atoms with Crippen molar-refractivity contribution in [3.05, 3.63) is 53.7 Å². The number of hydrazone groups is 1. The van der Waals surface area contributed by atoms with E-state index < -0.39 is 0 Å². The summed E-state index contributed by atoms with van der Waals surface area (Å²) in [7, 11) is 0. The highest BCUT2D eigenvalue weighted by molar-refractivity contribution is 6.04. The summed E-state index contributed by atoms with van der Waals surface area (Å²) >= 11 is 0. The van der Waals surface area contributed by atoms with Crippen molar-refractivity contribution in [1.29, 1.82) is 5.26 Å². The first-order valence-electron chi connectivity index (χ1n) is 10.2. The van der Waals surface area contributed by atoms with Crippen LogP contribution < -0.4 is 10.5 Å². The number of hydrogen-bond donors (Lipinski definition) is 1. The summed E-state index contributed by atoms with van der Waals surface area (Å²) < 4.78 is 7.78. The molecule has 0 saturated heterocycles. The van der Waals surface area contributed by atoms with Crippen LogP contribution in [0.15, 0.2) is 47.7 Å².